The van der Waals surface area contributed by atoms with Crippen molar-refractivity contribution < 1.29 is 9.31 Å². The molecule has 100 valence electrons. The van der Waals surface area contributed by atoms with E-state index in [0.717, 1.165) is 15.7 Å². The Morgan fingerprint density at radius 3 is 2.42 bits per heavy atom. The number of rotatable bonds is 1. The summed E-state index contributed by atoms with van der Waals surface area (Å²) in [5.41, 5.74) is 2.86. The van der Waals surface area contributed by atoms with Crippen LogP contribution in [0.1, 0.15) is 27.7 Å². The molecule has 1 aromatic heterocycles. The molecule has 0 spiro atoms. The van der Waals surface area contributed by atoms with Crippen molar-refractivity contribution in [3.63, 3.8) is 0 Å². The predicted octanol–water partition coefficient (Wildman–Crippen LogP) is 3.25. The lowest BCUT2D eigenvalue weighted by Crippen LogP contribution is -2.41. The SMILES string of the molecule is CC1(C)OB(c2cc3ncsc3cc2Cl)OC1(C)C. The smallest absolute Gasteiger partial charge is 0.399 e. The van der Waals surface area contributed by atoms with Gasteiger partial charge in [-0.05, 0) is 39.8 Å². The van der Waals surface area contributed by atoms with Gasteiger partial charge in [-0.25, -0.2) is 4.98 Å². The predicted molar refractivity (Wildman–Crippen MR) is 80.3 cm³/mol. The summed E-state index contributed by atoms with van der Waals surface area (Å²) in [4.78, 5) is 4.31. The van der Waals surface area contributed by atoms with Gasteiger partial charge in [0.15, 0.2) is 0 Å². The van der Waals surface area contributed by atoms with Gasteiger partial charge >= 0.3 is 7.12 Å². The van der Waals surface area contributed by atoms with Gasteiger partial charge in [-0.2, -0.15) is 0 Å². The molecule has 0 bridgehead atoms. The van der Waals surface area contributed by atoms with Crippen LogP contribution in [0.4, 0.5) is 0 Å². The summed E-state index contributed by atoms with van der Waals surface area (Å²) < 4.78 is 13.1. The van der Waals surface area contributed by atoms with E-state index in [1.165, 1.54) is 0 Å². The van der Waals surface area contributed by atoms with E-state index >= 15 is 0 Å². The summed E-state index contributed by atoms with van der Waals surface area (Å²) >= 11 is 7.92. The highest BCUT2D eigenvalue weighted by Gasteiger charge is 2.52. The first-order valence-electron chi connectivity index (χ1n) is 6.18. The Morgan fingerprint density at radius 2 is 1.79 bits per heavy atom. The van der Waals surface area contributed by atoms with Crippen LogP contribution in [0.25, 0.3) is 10.2 Å². The molecule has 1 aliphatic rings. The maximum atomic E-state index is 6.35. The fraction of sp³-hybridized carbons (Fsp3) is 0.462. The Morgan fingerprint density at radius 1 is 1.16 bits per heavy atom. The lowest BCUT2D eigenvalue weighted by molar-refractivity contribution is 0.00578. The van der Waals surface area contributed by atoms with Crippen molar-refractivity contribution in [2.45, 2.75) is 38.9 Å². The van der Waals surface area contributed by atoms with Crippen molar-refractivity contribution in [3.05, 3.63) is 22.7 Å². The minimum absolute atomic E-state index is 0.363. The molecule has 0 amide bonds. The van der Waals surface area contributed by atoms with E-state index < -0.39 is 7.12 Å². The highest BCUT2D eigenvalue weighted by molar-refractivity contribution is 7.16. The summed E-state index contributed by atoms with van der Waals surface area (Å²) in [6.07, 6.45) is 0. The molecule has 1 aliphatic heterocycles. The molecule has 0 radical (unpaired) electrons. The lowest BCUT2D eigenvalue weighted by atomic mass is 9.79. The monoisotopic (exact) mass is 295 g/mol. The normalized spacial score (nSPS) is 21.2. The third-order valence-corrected chi connectivity index (χ3v) is 5.08. The number of nitrogens with zero attached hydrogens (tertiary/aromatic N) is 1. The van der Waals surface area contributed by atoms with Gasteiger partial charge in [-0.1, -0.05) is 11.6 Å². The second-order valence-electron chi connectivity index (χ2n) is 5.78. The van der Waals surface area contributed by atoms with Crippen LogP contribution < -0.4 is 5.46 Å². The average molecular weight is 296 g/mol. The number of fused-ring (bicyclic) bond motifs is 1. The summed E-state index contributed by atoms with van der Waals surface area (Å²) in [5.74, 6) is 0. The molecule has 0 saturated carbocycles. The highest BCUT2D eigenvalue weighted by Crippen LogP contribution is 2.37. The number of halogens is 1. The Bertz CT molecular complexity index is 625. The molecular formula is C13H15BClNO2S. The summed E-state index contributed by atoms with van der Waals surface area (Å²) in [6.45, 7) is 8.12. The van der Waals surface area contributed by atoms with E-state index in [9.17, 15) is 0 Å². The minimum Gasteiger partial charge on any atom is -0.399 e. The summed E-state index contributed by atoms with van der Waals surface area (Å²) in [6, 6.07) is 3.88. The molecule has 0 atom stereocenters. The van der Waals surface area contributed by atoms with E-state index in [0.29, 0.717) is 5.02 Å². The van der Waals surface area contributed by atoms with E-state index in [1.54, 1.807) is 11.3 Å². The third-order valence-electron chi connectivity index (χ3n) is 3.96. The molecule has 0 N–H and O–H groups in total. The van der Waals surface area contributed by atoms with Crippen LogP contribution >= 0.6 is 22.9 Å². The van der Waals surface area contributed by atoms with Gasteiger partial charge in [0.25, 0.3) is 0 Å². The topological polar surface area (TPSA) is 31.4 Å². The maximum absolute atomic E-state index is 6.35. The van der Waals surface area contributed by atoms with E-state index in [-0.39, 0.29) is 11.2 Å². The molecule has 1 fully saturated rings. The zero-order valence-electron chi connectivity index (χ0n) is 11.4. The molecule has 2 aromatic rings. The molecule has 1 aromatic carbocycles. The van der Waals surface area contributed by atoms with Crippen LogP contribution in [0.5, 0.6) is 0 Å². The number of benzene rings is 1. The fourth-order valence-corrected chi connectivity index (χ4v) is 3.06. The summed E-state index contributed by atoms with van der Waals surface area (Å²) in [7, 11) is -0.441. The minimum atomic E-state index is -0.441. The number of thiazole rings is 1. The first-order chi connectivity index (χ1) is 8.80. The standard InChI is InChI=1S/C13H15BClNO2S/c1-12(2)13(3,4)18-14(17-12)8-5-10-11(6-9(8)15)19-7-16-10/h5-7H,1-4H3. The molecular weight excluding hydrogens is 280 g/mol. The first kappa shape index (κ1) is 13.4. The van der Waals surface area contributed by atoms with Crippen LogP contribution in [-0.4, -0.2) is 23.3 Å². The first-order valence-corrected chi connectivity index (χ1v) is 7.44. The average Bonchev–Trinajstić information content (AvgIpc) is 2.80. The van der Waals surface area contributed by atoms with Gasteiger partial charge in [0.2, 0.25) is 0 Å². The van der Waals surface area contributed by atoms with E-state index in [4.69, 9.17) is 20.9 Å². The zero-order valence-corrected chi connectivity index (χ0v) is 12.9. The van der Waals surface area contributed by atoms with Crippen LogP contribution in [0.3, 0.4) is 0 Å². The quantitative estimate of drug-likeness (QED) is 0.757. The molecule has 1 saturated heterocycles. The van der Waals surface area contributed by atoms with Crippen LogP contribution in [0.15, 0.2) is 17.6 Å². The summed E-state index contributed by atoms with van der Waals surface area (Å²) in [5, 5.41) is 0.662. The van der Waals surface area contributed by atoms with Crippen LogP contribution in [0.2, 0.25) is 5.02 Å². The molecule has 0 unspecified atom stereocenters. The van der Waals surface area contributed by atoms with Crippen molar-refractivity contribution in [3.8, 4) is 0 Å². The van der Waals surface area contributed by atoms with E-state index in [1.807, 2.05) is 45.3 Å². The van der Waals surface area contributed by atoms with Gasteiger partial charge in [0.1, 0.15) is 0 Å². The van der Waals surface area contributed by atoms with Gasteiger partial charge in [-0.15, -0.1) is 11.3 Å². The van der Waals surface area contributed by atoms with E-state index in [2.05, 4.69) is 4.98 Å². The van der Waals surface area contributed by atoms with Crippen molar-refractivity contribution in [1.82, 2.24) is 4.98 Å². The number of hydrogen-bond donors (Lipinski definition) is 0. The Kier molecular flexibility index (Phi) is 2.95. The maximum Gasteiger partial charge on any atom is 0.496 e. The Balaban J connectivity index is 2.04. The molecule has 19 heavy (non-hydrogen) atoms. The Hall–Kier alpha value is -0.615. The molecule has 3 nitrogen and oxygen atoms in total. The van der Waals surface area contributed by atoms with Gasteiger partial charge < -0.3 is 9.31 Å². The van der Waals surface area contributed by atoms with Crippen molar-refractivity contribution >= 4 is 45.7 Å². The second-order valence-corrected chi connectivity index (χ2v) is 7.08. The molecule has 6 heteroatoms. The van der Waals surface area contributed by atoms with Crippen molar-refractivity contribution in [1.29, 1.82) is 0 Å². The molecule has 2 heterocycles. The van der Waals surface area contributed by atoms with Crippen LogP contribution in [0, 0.1) is 0 Å². The second kappa shape index (κ2) is 4.19. The number of hydrogen-bond acceptors (Lipinski definition) is 4. The zero-order chi connectivity index (χ0) is 13.8. The lowest BCUT2D eigenvalue weighted by Gasteiger charge is -2.32. The van der Waals surface area contributed by atoms with Crippen LogP contribution in [-0.2, 0) is 9.31 Å². The van der Waals surface area contributed by atoms with Crippen molar-refractivity contribution in [2.24, 2.45) is 0 Å². The van der Waals surface area contributed by atoms with Gasteiger partial charge in [0, 0.05) is 10.5 Å². The molecule has 3 rings (SSSR count). The molecule has 0 aliphatic carbocycles. The van der Waals surface area contributed by atoms with Crippen molar-refractivity contribution in [2.75, 3.05) is 0 Å². The Labute approximate surface area is 122 Å². The largest absolute Gasteiger partial charge is 0.496 e. The third kappa shape index (κ3) is 2.09. The van der Waals surface area contributed by atoms with Gasteiger partial charge in [0.05, 0.1) is 26.9 Å². The highest BCUT2D eigenvalue weighted by atomic mass is 35.5. The number of aromatic nitrogens is 1. The van der Waals surface area contributed by atoms with Gasteiger partial charge in [-0.3, -0.25) is 0 Å². The fourth-order valence-electron chi connectivity index (χ4n) is 2.05.